The number of aromatic nitrogens is 6. The van der Waals surface area contributed by atoms with Gasteiger partial charge in [-0.2, -0.15) is 10.2 Å². The molecule has 1 N–H and O–H groups in total. The Hall–Kier alpha value is -4.53. The van der Waals surface area contributed by atoms with E-state index in [9.17, 15) is 9.59 Å². The van der Waals surface area contributed by atoms with Crippen molar-refractivity contribution in [3.05, 3.63) is 101 Å². The largest absolute Gasteiger partial charge is 0.349 e. The van der Waals surface area contributed by atoms with Crippen molar-refractivity contribution in [2.75, 3.05) is 0 Å². The van der Waals surface area contributed by atoms with Gasteiger partial charge in [-0.25, -0.2) is 9.36 Å². The zero-order chi connectivity index (χ0) is 22.8. The molecule has 0 aliphatic heterocycles. The van der Waals surface area contributed by atoms with Gasteiger partial charge in [-0.1, -0.05) is 24.3 Å². The molecule has 1 aromatic carbocycles. The lowest BCUT2D eigenvalue weighted by molar-refractivity contribution is -0.122. The summed E-state index contributed by atoms with van der Waals surface area (Å²) in [7, 11) is 0. The average Bonchev–Trinajstić information content (AvgIpc) is 3.50. The lowest BCUT2D eigenvalue weighted by Crippen LogP contribution is -2.34. The molecule has 0 radical (unpaired) electrons. The third-order valence-corrected chi connectivity index (χ3v) is 5.26. The number of hydrogen-bond donors (Lipinski definition) is 1. The number of hydrogen-bond acceptors (Lipinski definition) is 5. The summed E-state index contributed by atoms with van der Waals surface area (Å²) in [6.07, 6.45) is 5.38. The summed E-state index contributed by atoms with van der Waals surface area (Å²) in [5.41, 5.74) is 2.23. The first-order valence-corrected chi connectivity index (χ1v) is 10.5. The second-order valence-electron chi connectivity index (χ2n) is 7.53. The number of amides is 1. The molecule has 0 bridgehead atoms. The first kappa shape index (κ1) is 20.4. The van der Waals surface area contributed by atoms with Gasteiger partial charge >= 0.3 is 0 Å². The Bertz CT molecular complexity index is 1470. The Labute approximate surface area is 188 Å². The van der Waals surface area contributed by atoms with Gasteiger partial charge in [-0.15, -0.1) is 0 Å². The van der Waals surface area contributed by atoms with Crippen molar-refractivity contribution in [1.82, 2.24) is 34.4 Å². The molecule has 0 aliphatic carbocycles. The first-order chi connectivity index (χ1) is 16.1. The molecule has 9 nitrogen and oxygen atoms in total. The number of nitrogens with zero attached hydrogens (tertiary/aromatic N) is 6. The van der Waals surface area contributed by atoms with Crippen molar-refractivity contribution < 1.29 is 4.79 Å². The molecule has 4 heterocycles. The van der Waals surface area contributed by atoms with Gasteiger partial charge < -0.3 is 9.88 Å². The van der Waals surface area contributed by atoms with Crippen molar-refractivity contribution in [3.8, 4) is 11.5 Å². The predicted octanol–water partition coefficient (Wildman–Crippen LogP) is 2.39. The predicted molar refractivity (Wildman–Crippen MR) is 123 cm³/mol. The van der Waals surface area contributed by atoms with Crippen LogP contribution in [0.15, 0.2) is 84.0 Å². The molecule has 5 aromatic rings. The second-order valence-corrected chi connectivity index (χ2v) is 7.53. The minimum atomic E-state index is -0.380. The highest BCUT2D eigenvalue weighted by Crippen LogP contribution is 2.24. The Kier molecular flexibility index (Phi) is 5.27. The summed E-state index contributed by atoms with van der Waals surface area (Å²) in [5, 5.41) is 12.3. The molecule has 0 saturated carbocycles. The molecular weight excluding hydrogens is 418 g/mol. The molecule has 1 amide bonds. The van der Waals surface area contributed by atoms with Crippen LogP contribution in [0.3, 0.4) is 0 Å². The second kappa shape index (κ2) is 8.54. The van der Waals surface area contributed by atoms with Gasteiger partial charge in [-0.3, -0.25) is 14.6 Å². The maximum atomic E-state index is 13.5. The first-order valence-electron chi connectivity index (χ1n) is 10.5. The molecule has 164 valence electrons. The summed E-state index contributed by atoms with van der Waals surface area (Å²) in [6.45, 7) is 1.85. The number of para-hydroxylation sites is 1. The molecule has 33 heavy (non-hydrogen) atoms. The third kappa shape index (κ3) is 3.91. The van der Waals surface area contributed by atoms with Gasteiger partial charge in [0.1, 0.15) is 17.4 Å². The minimum absolute atomic E-state index is 0.204. The summed E-state index contributed by atoms with van der Waals surface area (Å²) in [5.74, 6) is 0.270. The van der Waals surface area contributed by atoms with E-state index in [0.29, 0.717) is 22.4 Å². The fourth-order valence-electron chi connectivity index (χ4n) is 3.72. The zero-order valence-corrected chi connectivity index (χ0v) is 17.9. The number of nitrogens with one attached hydrogen (secondary N) is 1. The van der Waals surface area contributed by atoms with Crippen molar-refractivity contribution in [3.63, 3.8) is 0 Å². The van der Waals surface area contributed by atoms with Crippen LogP contribution < -0.4 is 10.9 Å². The molecule has 0 atom stereocenters. The van der Waals surface area contributed by atoms with Crippen molar-refractivity contribution in [2.24, 2.45) is 0 Å². The van der Waals surface area contributed by atoms with Gasteiger partial charge in [0.15, 0.2) is 5.82 Å². The van der Waals surface area contributed by atoms with Crippen molar-refractivity contribution in [1.29, 1.82) is 0 Å². The van der Waals surface area contributed by atoms with E-state index in [1.54, 1.807) is 17.8 Å². The summed E-state index contributed by atoms with van der Waals surface area (Å²) < 4.78 is 4.76. The fourth-order valence-corrected chi connectivity index (χ4v) is 3.72. The standard InChI is InChI=1S/C24H21N7O2/c1-17-22-21(23(29-13-7-8-14-29)31(28-22)19-10-3-2-4-11-19)24(33)30(27-17)16-20(32)26-15-18-9-5-6-12-25-18/h2-14H,15-16H2,1H3,(H,26,32). The molecule has 0 unspecified atom stereocenters. The SMILES string of the molecule is Cc1nn(CC(=O)NCc2ccccn2)c(=O)c2c(-n3cccc3)n(-c3ccccc3)nc12. The van der Waals surface area contributed by atoms with Crippen LogP contribution in [0.1, 0.15) is 11.4 Å². The van der Waals surface area contributed by atoms with E-state index in [1.165, 1.54) is 4.68 Å². The van der Waals surface area contributed by atoms with E-state index in [4.69, 9.17) is 5.10 Å². The van der Waals surface area contributed by atoms with Gasteiger partial charge in [0.2, 0.25) is 5.91 Å². The number of benzene rings is 1. The number of carbonyl (C=O) groups excluding carboxylic acids is 1. The van der Waals surface area contributed by atoms with Gasteiger partial charge in [-0.05, 0) is 43.3 Å². The molecule has 0 saturated heterocycles. The van der Waals surface area contributed by atoms with Gasteiger partial charge in [0, 0.05) is 18.6 Å². The smallest absolute Gasteiger partial charge is 0.280 e. The van der Waals surface area contributed by atoms with Crippen LogP contribution in [0.5, 0.6) is 0 Å². The van der Waals surface area contributed by atoms with E-state index in [-0.39, 0.29) is 24.6 Å². The maximum Gasteiger partial charge on any atom is 0.280 e. The normalized spacial score (nSPS) is 11.1. The number of pyridine rings is 1. The Balaban J connectivity index is 1.57. The van der Waals surface area contributed by atoms with E-state index in [0.717, 1.165) is 11.4 Å². The fraction of sp³-hybridized carbons (Fsp3) is 0.125. The molecular formula is C24H21N7O2. The van der Waals surface area contributed by atoms with E-state index in [1.807, 2.05) is 77.6 Å². The zero-order valence-electron chi connectivity index (χ0n) is 17.9. The maximum absolute atomic E-state index is 13.5. The summed E-state index contributed by atoms with van der Waals surface area (Å²) in [6, 6.07) is 18.8. The number of fused-ring (bicyclic) bond motifs is 1. The minimum Gasteiger partial charge on any atom is -0.349 e. The molecule has 4 aromatic heterocycles. The van der Waals surface area contributed by atoms with E-state index < -0.39 is 0 Å². The highest BCUT2D eigenvalue weighted by Gasteiger charge is 2.22. The van der Waals surface area contributed by atoms with Crippen molar-refractivity contribution >= 4 is 16.8 Å². The van der Waals surface area contributed by atoms with Crippen LogP contribution in [0.25, 0.3) is 22.4 Å². The topological polar surface area (TPSA) is 99.6 Å². The quantitative estimate of drug-likeness (QED) is 0.438. The molecule has 5 rings (SSSR count). The summed E-state index contributed by atoms with van der Waals surface area (Å²) in [4.78, 5) is 30.2. The number of rotatable bonds is 6. The average molecular weight is 439 g/mol. The third-order valence-electron chi connectivity index (χ3n) is 5.26. The lowest BCUT2D eigenvalue weighted by atomic mass is 10.2. The van der Waals surface area contributed by atoms with Crippen LogP contribution in [0.4, 0.5) is 0 Å². The Morgan fingerprint density at radius 2 is 1.73 bits per heavy atom. The number of aryl methyl sites for hydroxylation is 1. The van der Waals surface area contributed by atoms with Gasteiger partial charge in [0.25, 0.3) is 5.56 Å². The van der Waals surface area contributed by atoms with Gasteiger partial charge in [0.05, 0.1) is 23.6 Å². The highest BCUT2D eigenvalue weighted by atomic mass is 16.2. The van der Waals surface area contributed by atoms with Crippen LogP contribution in [-0.2, 0) is 17.9 Å². The Morgan fingerprint density at radius 1 is 0.970 bits per heavy atom. The molecule has 0 spiro atoms. The van der Waals surface area contributed by atoms with Crippen molar-refractivity contribution in [2.45, 2.75) is 20.0 Å². The molecule has 0 aliphatic rings. The van der Waals surface area contributed by atoms with E-state index in [2.05, 4.69) is 15.4 Å². The number of carbonyl (C=O) groups is 1. The Morgan fingerprint density at radius 3 is 2.45 bits per heavy atom. The van der Waals surface area contributed by atoms with Crippen LogP contribution in [-0.4, -0.2) is 35.0 Å². The van der Waals surface area contributed by atoms with E-state index >= 15 is 0 Å². The highest BCUT2D eigenvalue weighted by molar-refractivity contribution is 5.88. The molecule has 0 fully saturated rings. The van der Waals surface area contributed by atoms with Crippen LogP contribution in [0.2, 0.25) is 0 Å². The monoisotopic (exact) mass is 439 g/mol. The lowest BCUT2D eigenvalue weighted by Gasteiger charge is -2.09. The van der Waals surface area contributed by atoms with Crippen LogP contribution >= 0.6 is 0 Å². The summed E-state index contributed by atoms with van der Waals surface area (Å²) >= 11 is 0. The molecule has 9 heteroatoms. The van der Waals surface area contributed by atoms with Crippen LogP contribution in [0, 0.1) is 6.92 Å².